The van der Waals surface area contributed by atoms with Crippen LogP contribution >= 0.6 is 0 Å². The van der Waals surface area contributed by atoms with Crippen LogP contribution in [0.3, 0.4) is 0 Å². The van der Waals surface area contributed by atoms with Gasteiger partial charge >= 0.3 is 5.97 Å². The Hall–Kier alpha value is -1.78. The molecule has 0 aliphatic carbocycles. The van der Waals surface area contributed by atoms with Crippen molar-refractivity contribution in [1.82, 2.24) is 4.98 Å². The number of hydrogen-bond donors (Lipinski definition) is 0. The molecule has 0 aliphatic rings. The van der Waals surface area contributed by atoms with Crippen LogP contribution in [0.5, 0.6) is 0 Å². The number of hydrogen-bond acceptors (Lipinski definition) is 4. The van der Waals surface area contributed by atoms with E-state index in [1.54, 1.807) is 0 Å². The van der Waals surface area contributed by atoms with Gasteiger partial charge < -0.3 is 4.74 Å². The smallest absolute Gasteiger partial charge is 0.316 e. The van der Waals surface area contributed by atoms with E-state index in [2.05, 4.69) is 9.72 Å². The van der Waals surface area contributed by atoms with E-state index in [0.717, 1.165) is 12.5 Å². The van der Waals surface area contributed by atoms with Crippen LogP contribution in [0.2, 0.25) is 0 Å². The number of carbonyl (C=O) groups excluding carboxylic acids is 2. The molecule has 0 saturated carbocycles. The van der Waals surface area contributed by atoms with Crippen LogP contribution < -0.4 is 0 Å². The van der Waals surface area contributed by atoms with Crippen LogP contribution in [0.4, 0.5) is 4.39 Å². The van der Waals surface area contributed by atoms with E-state index in [1.165, 1.54) is 19.4 Å². The number of ketones is 1. The molecule has 0 radical (unpaired) electrons. The minimum absolute atomic E-state index is 0.302. The molecule has 5 heteroatoms. The number of pyridine rings is 1. The maximum atomic E-state index is 13.5. The first kappa shape index (κ1) is 14.3. The molecule has 1 rings (SSSR count). The Bertz CT molecular complexity index is 434. The first-order valence-electron chi connectivity index (χ1n) is 5.84. The summed E-state index contributed by atoms with van der Waals surface area (Å²) in [5.41, 5.74) is -0.302. The lowest BCUT2D eigenvalue weighted by molar-refractivity contribution is -0.143. The molecule has 0 N–H and O–H groups in total. The van der Waals surface area contributed by atoms with Gasteiger partial charge in [0.1, 0.15) is 11.6 Å². The van der Waals surface area contributed by atoms with Crippen LogP contribution in [-0.2, 0) is 9.53 Å². The Morgan fingerprint density at radius 1 is 1.50 bits per heavy atom. The third-order valence-electron chi connectivity index (χ3n) is 2.64. The second-order valence-corrected chi connectivity index (χ2v) is 3.92. The van der Waals surface area contributed by atoms with Crippen molar-refractivity contribution in [3.05, 3.63) is 29.8 Å². The lowest BCUT2D eigenvalue weighted by Crippen LogP contribution is -2.27. The lowest BCUT2D eigenvalue weighted by Gasteiger charge is -2.12. The van der Waals surface area contributed by atoms with Crippen molar-refractivity contribution in [3.8, 4) is 0 Å². The summed E-state index contributed by atoms with van der Waals surface area (Å²) >= 11 is 0. The van der Waals surface area contributed by atoms with Gasteiger partial charge in [0.15, 0.2) is 11.6 Å². The van der Waals surface area contributed by atoms with Crippen molar-refractivity contribution in [1.29, 1.82) is 0 Å². The van der Waals surface area contributed by atoms with Gasteiger partial charge in [0.25, 0.3) is 0 Å². The monoisotopic (exact) mass is 253 g/mol. The number of aromatic nitrogens is 1. The summed E-state index contributed by atoms with van der Waals surface area (Å²) in [4.78, 5) is 27.3. The van der Waals surface area contributed by atoms with Crippen molar-refractivity contribution in [2.75, 3.05) is 7.11 Å². The molecule has 98 valence electrons. The van der Waals surface area contributed by atoms with Gasteiger partial charge in [0.05, 0.1) is 7.11 Å². The predicted molar refractivity (Wildman–Crippen MR) is 63.6 cm³/mol. The number of methoxy groups -OCH3 is 1. The van der Waals surface area contributed by atoms with Gasteiger partial charge in [-0.3, -0.25) is 14.6 Å². The molecule has 1 aromatic heterocycles. The van der Waals surface area contributed by atoms with E-state index in [1.807, 2.05) is 6.92 Å². The summed E-state index contributed by atoms with van der Waals surface area (Å²) < 4.78 is 18.0. The topological polar surface area (TPSA) is 56.3 Å². The van der Waals surface area contributed by atoms with Crippen LogP contribution in [0.25, 0.3) is 0 Å². The minimum Gasteiger partial charge on any atom is -0.468 e. The predicted octanol–water partition coefficient (Wildman–Crippen LogP) is 2.38. The molecule has 0 aromatic carbocycles. The molecule has 1 atom stereocenters. The normalized spacial score (nSPS) is 11.9. The van der Waals surface area contributed by atoms with Crippen molar-refractivity contribution < 1.29 is 18.7 Å². The van der Waals surface area contributed by atoms with Crippen LogP contribution in [0, 0.1) is 11.7 Å². The molecule has 4 nitrogen and oxygen atoms in total. The molecule has 1 aromatic rings. The van der Waals surface area contributed by atoms with Crippen LogP contribution in [0.1, 0.15) is 36.7 Å². The molecule has 1 unspecified atom stereocenters. The van der Waals surface area contributed by atoms with Crippen molar-refractivity contribution in [2.45, 2.75) is 26.2 Å². The Morgan fingerprint density at radius 3 is 2.78 bits per heavy atom. The SMILES string of the molecule is CCCCC(C(=O)OC)C(=O)c1ncccc1F. The Labute approximate surface area is 105 Å². The van der Waals surface area contributed by atoms with Gasteiger partial charge in [-0.05, 0) is 18.6 Å². The summed E-state index contributed by atoms with van der Waals surface area (Å²) in [5.74, 6) is -2.95. The highest BCUT2D eigenvalue weighted by molar-refractivity contribution is 6.07. The van der Waals surface area contributed by atoms with Gasteiger partial charge in [-0.2, -0.15) is 0 Å². The maximum Gasteiger partial charge on any atom is 0.316 e. The molecular formula is C13H16FNO3. The zero-order chi connectivity index (χ0) is 13.5. The van der Waals surface area contributed by atoms with E-state index in [9.17, 15) is 14.0 Å². The number of halogens is 1. The van der Waals surface area contributed by atoms with Crippen molar-refractivity contribution >= 4 is 11.8 Å². The van der Waals surface area contributed by atoms with Crippen molar-refractivity contribution in [3.63, 3.8) is 0 Å². The largest absolute Gasteiger partial charge is 0.468 e. The summed E-state index contributed by atoms with van der Waals surface area (Å²) in [6.45, 7) is 1.94. The number of esters is 1. The van der Waals surface area contributed by atoms with E-state index in [0.29, 0.717) is 12.8 Å². The molecule has 0 fully saturated rings. The molecule has 0 bridgehead atoms. The molecular weight excluding hydrogens is 237 g/mol. The molecule has 0 saturated heterocycles. The summed E-state index contributed by atoms with van der Waals surface area (Å²) in [7, 11) is 1.21. The lowest BCUT2D eigenvalue weighted by atomic mass is 9.95. The van der Waals surface area contributed by atoms with Crippen LogP contribution in [-0.4, -0.2) is 23.8 Å². The third-order valence-corrected chi connectivity index (χ3v) is 2.64. The molecule has 1 heterocycles. The van der Waals surface area contributed by atoms with E-state index >= 15 is 0 Å². The number of carbonyl (C=O) groups is 2. The maximum absolute atomic E-state index is 13.5. The second-order valence-electron chi connectivity index (χ2n) is 3.92. The van der Waals surface area contributed by atoms with Gasteiger partial charge in [-0.15, -0.1) is 0 Å². The summed E-state index contributed by atoms with van der Waals surface area (Å²) in [6.07, 6.45) is 3.20. The number of nitrogens with zero attached hydrogens (tertiary/aromatic N) is 1. The highest BCUT2D eigenvalue weighted by Crippen LogP contribution is 2.17. The first-order valence-corrected chi connectivity index (χ1v) is 5.84. The third kappa shape index (κ3) is 3.35. The van der Waals surface area contributed by atoms with Crippen molar-refractivity contribution in [2.24, 2.45) is 5.92 Å². The Morgan fingerprint density at radius 2 is 2.22 bits per heavy atom. The number of ether oxygens (including phenoxy) is 1. The number of unbranched alkanes of at least 4 members (excludes halogenated alkanes) is 1. The second kappa shape index (κ2) is 6.83. The fourth-order valence-electron chi connectivity index (χ4n) is 1.64. The van der Waals surface area contributed by atoms with Gasteiger partial charge in [0.2, 0.25) is 0 Å². The number of Topliss-reactive ketones (excluding diaryl/α,β-unsaturated/α-hetero) is 1. The molecule has 18 heavy (non-hydrogen) atoms. The Balaban J connectivity index is 2.95. The van der Waals surface area contributed by atoms with E-state index in [-0.39, 0.29) is 5.69 Å². The zero-order valence-corrected chi connectivity index (χ0v) is 10.5. The Kier molecular flexibility index (Phi) is 5.42. The molecule has 0 aliphatic heterocycles. The summed E-state index contributed by atoms with van der Waals surface area (Å²) in [6, 6.07) is 2.54. The standard InChI is InChI=1S/C13H16FNO3/c1-3-4-6-9(13(17)18-2)12(16)11-10(14)7-5-8-15-11/h5,7-9H,3-4,6H2,1-2H3. The van der Waals surface area contributed by atoms with Gasteiger partial charge in [0, 0.05) is 6.20 Å². The van der Waals surface area contributed by atoms with Gasteiger partial charge in [-0.25, -0.2) is 4.39 Å². The van der Waals surface area contributed by atoms with E-state index in [4.69, 9.17) is 0 Å². The first-order chi connectivity index (χ1) is 8.61. The highest BCUT2D eigenvalue weighted by Gasteiger charge is 2.30. The minimum atomic E-state index is -0.973. The van der Waals surface area contributed by atoms with Crippen LogP contribution in [0.15, 0.2) is 18.3 Å². The average molecular weight is 253 g/mol. The van der Waals surface area contributed by atoms with Gasteiger partial charge in [-0.1, -0.05) is 19.8 Å². The average Bonchev–Trinajstić information content (AvgIpc) is 2.39. The number of rotatable bonds is 6. The van der Waals surface area contributed by atoms with E-state index < -0.39 is 23.5 Å². The quantitative estimate of drug-likeness (QED) is 0.443. The fourth-order valence-corrected chi connectivity index (χ4v) is 1.64. The highest BCUT2D eigenvalue weighted by atomic mass is 19.1. The fraction of sp³-hybridized carbons (Fsp3) is 0.462. The molecule has 0 spiro atoms. The molecule has 0 amide bonds. The zero-order valence-electron chi connectivity index (χ0n) is 10.5. The summed E-state index contributed by atoms with van der Waals surface area (Å²) in [5, 5.41) is 0.